The predicted molar refractivity (Wildman–Crippen MR) is 180 cm³/mol. The van der Waals surface area contributed by atoms with Crippen molar-refractivity contribution in [3.05, 3.63) is 78.4 Å². The summed E-state index contributed by atoms with van der Waals surface area (Å²) in [6, 6.07) is 12.9. The van der Waals surface area contributed by atoms with Crippen LogP contribution in [0.15, 0.2) is 67.3 Å². The van der Waals surface area contributed by atoms with Crippen molar-refractivity contribution in [3.63, 3.8) is 0 Å². The number of carboxylic acid groups (broad SMARTS) is 1. The predicted octanol–water partition coefficient (Wildman–Crippen LogP) is 2.46. The highest BCUT2D eigenvalue weighted by molar-refractivity contribution is 7.80. The van der Waals surface area contributed by atoms with Crippen LogP contribution in [0.1, 0.15) is 50.8 Å². The molecule has 2 unspecified atom stereocenters. The van der Waals surface area contributed by atoms with Gasteiger partial charge in [0.15, 0.2) is 5.11 Å². The summed E-state index contributed by atoms with van der Waals surface area (Å²) in [5.74, 6) is -2.71. The Kier molecular flexibility index (Phi) is 9.60. The number of carboxylic acids is 1. The van der Waals surface area contributed by atoms with E-state index in [1.807, 2.05) is 75.4 Å². The van der Waals surface area contributed by atoms with Crippen LogP contribution in [0.3, 0.4) is 0 Å². The highest BCUT2D eigenvalue weighted by atomic mass is 32.1. The first-order valence-electron chi connectivity index (χ1n) is 15.7. The maximum atomic E-state index is 14.0. The lowest BCUT2D eigenvalue weighted by Crippen LogP contribution is -2.60. The number of amides is 4. The summed E-state index contributed by atoms with van der Waals surface area (Å²) in [4.78, 5) is 54.8. The molecule has 2 aromatic rings. The molecule has 250 valence electrons. The number of thiocarbonyl (C=S) groups is 1. The first-order chi connectivity index (χ1) is 22.2. The van der Waals surface area contributed by atoms with Gasteiger partial charge in [-0.1, -0.05) is 69.3 Å². The zero-order chi connectivity index (χ0) is 34.1. The lowest BCUT2D eigenvalue weighted by Gasteiger charge is -2.34. The smallest absolute Gasteiger partial charge is 0.330 e. The average molecular weight is 663 g/mol. The van der Waals surface area contributed by atoms with Gasteiger partial charge in [0.2, 0.25) is 11.8 Å². The topological polar surface area (TPSA) is 172 Å². The molecule has 1 saturated heterocycles. The van der Waals surface area contributed by atoms with Crippen molar-refractivity contribution in [1.29, 1.82) is 0 Å². The molecular weight excluding hydrogens is 620 g/mol. The number of anilines is 1. The number of hydrogen-bond donors (Lipinski definition) is 7. The summed E-state index contributed by atoms with van der Waals surface area (Å²) in [6.45, 7) is 9.16. The van der Waals surface area contributed by atoms with Crippen LogP contribution in [0.2, 0.25) is 0 Å². The van der Waals surface area contributed by atoms with Crippen molar-refractivity contribution in [1.82, 2.24) is 26.2 Å². The van der Waals surface area contributed by atoms with E-state index in [1.54, 1.807) is 0 Å². The third-order valence-corrected chi connectivity index (χ3v) is 9.38. The number of rotatable bonds is 9. The number of hydrogen-bond acceptors (Lipinski definition) is 6. The number of benzene rings is 2. The van der Waals surface area contributed by atoms with E-state index in [4.69, 9.17) is 12.2 Å². The second-order valence-corrected chi connectivity index (χ2v) is 14.0. The highest BCUT2D eigenvalue weighted by Crippen LogP contribution is 2.45. The Morgan fingerprint density at radius 2 is 1.74 bits per heavy atom. The fraction of sp³-hybridized carbons (Fsp3) is 0.441. The van der Waals surface area contributed by atoms with Crippen molar-refractivity contribution in [2.24, 2.45) is 11.3 Å². The number of aliphatic hydroxyl groups excluding tert-OH is 1. The van der Waals surface area contributed by atoms with Gasteiger partial charge in [-0.25, -0.2) is 9.59 Å². The molecule has 4 amide bonds. The summed E-state index contributed by atoms with van der Waals surface area (Å²) in [5.41, 5.74) is 0.288. The summed E-state index contributed by atoms with van der Waals surface area (Å²) in [6.07, 6.45) is 1.42. The third kappa shape index (κ3) is 7.25. The number of aliphatic carboxylic acids is 1. The number of nitrogens with zero attached hydrogens (tertiary/aromatic N) is 1. The molecule has 0 aromatic heterocycles. The summed E-state index contributed by atoms with van der Waals surface area (Å²) < 4.78 is 0. The number of carbonyl (C=O) groups excluding carboxylic acids is 3. The largest absolute Gasteiger partial charge is 0.479 e. The molecule has 7 N–H and O–H groups in total. The van der Waals surface area contributed by atoms with Gasteiger partial charge >= 0.3 is 12.0 Å². The molecule has 0 bridgehead atoms. The first kappa shape index (κ1) is 33.9. The van der Waals surface area contributed by atoms with E-state index in [0.717, 1.165) is 16.8 Å². The molecule has 2 fully saturated rings. The SMILES string of the molecule is C=CC1C[C@]1(NC(=O)[C@@H]1C[C@@H](NC(=S)Nc2ccccc2)CN1C(=O)N[C@H](C(=O)NC1c2ccccc2C[C@H]1O)C(C)(C)C)C(=O)O. The molecule has 47 heavy (non-hydrogen) atoms. The minimum absolute atomic E-state index is 0.0543. The Balaban J connectivity index is 1.33. The molecule has 1 aliphatic heterocycles. The van der Waals surface area contributed by atoms with Crippen molar-refractivity contribution >= 4 is 46.8 Å². The van der Waals surface area contributed by atoms with Crippen molar-refractivity contribution < 1.29 is 29.4 Å². The Morgan fingerprint density at radius 1 is 1.06 bits per heavy atom. The normalized spacial score (nSPS) is 26.7. The van der Waals surface area contributed by atoms with Gasteiger partial charge in [0.05, 0.1) is 12.1 Å². The Hall–Kier alpha value is -4.49. The molecule has 5 rings (SSSR count). The number of urea groups is 1. The van der Waals surface area contributed by atoms with Gasteiger partial charge in [0, 0.05) is 30.6 Å². The van der Waals surface area contributed by atoms with E-state index in [-0.39, 0.29) is 19.4 Å². The molecule has 7 atom stereocenters. The van der Waals surface area contributed by atoms with E-state index in [1.165, 1.54) is 11.0 Å². The number of aliphatic hydroxyl groups is 1. The monoisotopic (exact) mass is 662 g/mol. The summed E-state index contributed by atoms with van der Waals surface area (Å²) in [5, 5.41) is 35.6. The lowest BCUT2D eigenvalue weighted by atomic mass is 9.86. The second kappa shape index (κ2) is 13.3. The van der Waals surface area contributed by atoms with Crippen LogP contribution in [-0.4, -0.2) is 80.4 Å². The molecule has 12 nitrogen and oxygen atoms in total. The van der Waals surface area contributed by atoms with Gasteiger partial charge in [-0.15, -0.1) is 6.58 Å². The summed E-state index contributed by atoms with van der Waals surface area (Å²) >= 11 is 5.50. The Bertz CT molecular complexity index is 1560. The maximum Gasteiger partial charge on any atom is 0.330 e. The minimum Gasteiger partial charge on any atom is -0.479 e. The van der Waals surface area contributed by atoms with Crippen LogP contribution in [0, 0.1) is 11.3 Å². The fourth-order valence-electron chi connectivity index (χ4n) is 6.47. The Morgan fingerprint density at radius 3 is 2.38 bits per heavy atom. The van der Waals surface area contributed by atoms with Gasteiger partial charge < -0.3 is 41.7 Å². The minimum atomic E-state index is -1.48. The van der Waals surface area contributed by atoms with Gasteiger partial charge in [0.1, 0.15) is 17.6 Å². The number of carbonyl (C=O) groups is 4. The highest BCUT2D eigenvalue weighted by Gasteiger charge is 2.61. The fourth-order valence-corrected chi connectivity index (χ4v) is 6.76. The summed E-state index contributed by atoms with van der Waals surface area (Å²) in [7, 11) is 0. The quantitative estimate of drug-likeness (QED) is 0.157. The van der Waals surface area contributed by atoms with Gasteiger partial charge in [-0.05, 0) is 53.7 Å². The zero-order valence-electron chi connectivity index (χ0n) is 26.7. The van der Waals surface area contributed by atoms with Gasteiger partial charge in [-0.3, -0.25) is 9.59 Å². The number of para-hydroxylation sites is 1. The first-order valence-corrected chi connectivity index (χ1v) is 16.1. The van der Waals surface area contributed by atoms with Crippen LogP contribution in [-0.2, 0) is 20.8 Å². The molecule has 1 saturated carbocycles. The number of nitrogens with one attached hydrogen (secondary N) is 5. The van der Waals surface area contributed by atoms with E-state index in [2.05, 4.69) is 33.2 Å². The third-order valence-electron chi connectivity index (χ3n) is 9.16. The molecular formula is C34H42N6O6S. The van der Waals surface area contributed by atoms with Crippen molar-refractivity contribution in [3.8, 4) is 0 Å². The number of likely N-dealkylation sites (tertiary alicyclic amines) is 1. The molecule has 3 aliphatic rings. The standard InChI is InChI=1S/C34H42N6O6S/c1-5-20-17-34(20,30(44)45)39-28(42)24-16-22(36-31(47)35-21-12-7-6-8-13-21)18-40(24)32(46)38-27(33(2,3)4)29(43)37-26-23-14-10-9-11-19(23)15-25(26)41/h5-14,20,22,24-27,41H,1,15-18H2,2-4H3,(H,37,43)(H,38,46)(H,39,42)(H,44,45)(H2,35,36,47)/t20?,22-,24+,25-,26?,27-,34-/m1/s1. The molecule has 0 spiro atoms. The van der Waals surface area contributed by atoms with Gasteiger partial charge in [-0.2, -0.15) is 0 Å². The van der Waals surface area contributed by atoms with E-state index < -0.39 is 71.0 Å². The van der Waals surface area contributed by atoms with E-state index in [9.17, 15) is 29.4 Å². The van der Waals surface area contributed by atoms with Crippen LogP contribution < -0.4 is 26.6 Å². The van der Waals surface area contributed by atoms with Gasteiger partial charge in [0.25, 0.3) is 0 Å². The van der Waals surface area contributed by atoms with Crippen LogP contribution in [0.25, 0.3) is 0 Å². The van der Waals surface area contributed by atoms with E-state index in [0.29, 0.717) is 11.5 Å². The van der Waals surface area contributed by atoms with Crippen LogP contribution >= 0.6 is 12.2 Å². The Labute approximate surface area is 279 Å². The van der Waals surface area contributed by atoms with Crippen molar-refractivity contribution in [2.45, 2.75) is 75.8 Å². The zero-order valence-corrected chi connectivity index (χ0v) is 27.5. The molecule has 0 radical (unpaired) electrons. The number of fused-ring (bicyclic) bond motifs is 1. The van der Waals surface area contributed by atoms with Crippen molar-refractivity contribution in [2.75, 3.05) is 11.9 Å². The molecule has 1 heterocycles. The van der Waals surface area contributed by atoms with Crippen LogP contribution in [0.5, 0.6) is 0 Å². The maximum absolute atomic E-state index is 14.0. The van der Waals surface area contributed by atoms with Crippen LogP contribution in [0.4, 0.5) is 10.5 Å². The van der Waals surface area contributed by atoms with E-state index >= 15 is 0 Å². The lowest BCUT2D eigenvalue weighted by molar-refractivity contribution is -0.144. The average Bonchev–Trinajstić information content (AvgIpc) is 3.43. The molecule has 13 heteroatoms. The second-order valence-electron chi connectivity index (χ2n) is 13.6. The molecule has 2 aromatic carbocycles. The molecule has 2 aliphatic carbocycles.